The molecular formula is C22H21N3O4. The van der Waals surface area contributed by atoms with Crippen LogP contribution in [0, 0.1) is 6.92 Å². The summed E-state index contributed by atoms with van der Waals surface area (Å²) in [5.41, 5.74) is 2.54. The van der Waals surface area contributed by atoms with Gasteiger partial charge in [0.2, 0.25) is 0 Å². The zero-order chi connectivity index (χ0) is 20.9. The van der Waals surface area contributed by atoms with Crippen molar-refractivity contribution in [1.29, 1.82) is 0 Å². The normalized spacial score (nSPS) is 11.2. The molecule has 7 nitrogen and oxygen atoms in total. The Morgan fingerprint density at radius 3 is 2.31 bits per heavy atom. The molecular weight excluding hydrogens is 370 g/mol. The lowest BCUT2D eigenvalue weighted by Gasteiger charge is -2.13. The molecule has 1 N–H and O–H groups in total. The number of ether oxygens (including phenoxy) is 1. The highest BCUT2D eigenvalue weighted by Gasteiger charge is 2.21. The fraction of sp³-hybridized carbons (Fsp3) is 0.182. The minimum atomic E-state index is -0.408. The molecule has 4 aromatic rings. The number of phenolic OH excluding ortho intramolecular Hbond substituents is 1. The van der Waals surface area contributed by atoms with Gasteiger partial charge in [-0.3, -0.25) is 13.9 Å². The maximum absolute atomic E-state index is 13.1. The monoisotopic (exact) mass is 391 g/mol. The van der Waals surface area contributed by atoms with Crippen LogP contribution in [0.15, 0.2) is 58.3 Å². The van der Waals surface area contributed by atoms with Crippen molar-refractivity contribution < 1.29 is 9.84 Å². The molecule has 0 aliphatic rings. The summed E-state index contributed by atoms with van der Waals surface area (Å²) in [5.74, 6) is 0.766. The maximum Gasteiger partial charge on any atom is 0.330 e. The van der Waals surface area contributed by atoms with Gasteiger partial charge < -0.3 is 14.4 Å². The summed E-state index contributed by atoms with van der Waals surface area (Å²) in [7, 11) is 4.68. The SMILES string of the molecule is COc1ccc(-c2c3c(=O)n(C)c(=O)n(C)c3cn2-c2cc(C)ccc2O)cc1. The summed E-state index contributed by atoms with van der Waals surface area (Å²) in [4.78, 5) is 25.5. The first-order valence-electron chi connectivity index (χ1n) is 9.09. The van der Waals surface area contributed by atoms with Gasteiger partial charge >= 0.3 is 5.69 Å². The molecule has 0 bridgehead atoms. The zero-order valence-corrected chi connectivity index (χ0v) is 16.6. The van der Waals surface area contributed by atoms with Gasteiger partial charge in [-0.2, -0.15) is 0 Å². The fourth-order valence-corrected chi connectivity index (χ4v) is 3.59. The van der Waals surface area contributed by atoms with E-state index in [4.69, 9.17) is 4.74 Å². The van der Waals surface area contributed by atoms with E-state index in [1.165, 1.54) is 11.6 Å². The van der Waals surface area contributed by atoms with Gasteiger partial charge in [-0.25, -0.2) is 4.79 Å². The van der Waals surface area contributed by atoms with Crippen molar-refractivity contribution in [2.75, 3.05) is 7.11 Å². The second-order valence-corrected chi connectivity index (χ2v) is 7.03. The second-order valence-electron chi connectivity index (χ2n) is 7.03. The second kappa shape index (κ2) is 6.70. The Labute approximate surface area is 166 Å². The molecule has 0 spiro atoms. The topological polar surface area (TPSA) is 78.4 Å². The first-order valence-corrected chi connectivity index (χ1v) is 9.09. The molecule has 0 saturated carbocycles. The van der Waals surface area contributed by atoms with Crippen molar-refractivity contribution in [3.8, 4) is 28.4 Å². The van der Waals surface area contributed by atoms with E-state index in [1.807, 2.05) is 31.2 Å². The lowest BCUT2D eigenvalue weighted by molar-refractivity contribution is 0.415. The zero-order valence-electron chi connectivity index (χ0n) is 16.6. The number of rotatable bonds is 3. The minimum Gasteiger partial charge on any atom is -0.506 e. The number of benzene rings is 2. The molecule has 2 heterocycles. The number of methoxy groups -OCH3 is 1. The molecule has 0 saturated heterocycles. The largest absolute Gasteiger partial charge is 0.506 e. The number of fused-ring (bicyclic) bond motifs is 1. The van der Waals surface area contributed by atoms with E-state index in [2.05, 4.69) is 0 Å². The van der Waals surface area contributed by atoms with Crippen LogP contribution in [0.4, 0.5) is 0 Å². The highest BCUT2D eigenvalue weighted by atomic mass is 16.5. The van der Waals surface area contributed by atoms with Crippen molar-refractivity contribution in [1.82, 2.24) is 13.7 Å². The van der Waals surface area contributed by atoms with Crippen LogP contribution in [-0.2, 0) is 14.1 Å². The smallest absolute Gasteiger partial charge is 0.330 e. The average Bonchev–Trinajstić information content (AvgIpc) is 3.13. The van der Waals surface area contributed by atoms with Gasteiger partial charge in [0, 0.05) is 20.3 Å². The van der Waals surface area contributed by atoms with Crippen LogP contribution in [0.1, 0.15) is 5.56 Å². The van der Waals surface area contributed by atoms with Crippen LogP contribution >= 0.6 is 0 Å². The standard InChI is InChI=1S/C22H21N3O4/c1-13-5-10-18(26)16(11-13)25-12-17-19(21(27)24(3)22(28)23(17)2)20(25)14-6-8-15(29-4)9-7-14/h5-12,26H,1-4H3. The summed E-state index contributed by atoms with van der Waals surface area (Å²) in [6, 6.07) is 12.6. The van der Waals surface area contributed by atoms with E-state index < -0.39 is 5.69 Å². The Morgan fingerprint density at radius 2 is 1.66 bits per heavy atom. The molecule has 29 heavy (non-hydrogen) atoms. The Kier molecular flexibility index (Phi) is 4.30. The van der Waals surface area contributed by atoms with Gasteiger partial charge in [0.25, 0.3) is 5.56 Å². The van der Waals surface area contributed by atoms with Crippen molar-refractivity contribution in [3.05, 3.63) is 75.1 Å². The molecule has 0 atom stereocenters. The molecule has 148 valence electrons. The Bertz CT molecular complexity index is 1360. The first-order chi connectivity index (χ1) is 13.8. The average molecular weight is 391 g/mol. The molecule has 0 aliphatic carbocycles. The molecule has 2 aromatic carbocycles. The van der Waals surface area contributed by atoms with Crippen molar-refractivity contribution >= 4 is 10.9 Å². The van der Waals surface area contributed by atoms with Crippen LogP contribution in [-0.4, -0.2) is 25.9 Å². The maximum atomic E-state index is 13.1. The number of phenols is 1. The lowest BCUT2D eigenvalue weighted by atomic mass is 10.1. The predicted octanol–water partition coefficient (Wildman–Crippen LogP) is 2.72. The van der Waals surface area contributed by atoms with E-state index in [1.54, 1.807) is 43.1 Å². The molecule has 0 amide bonds. The van der Waals surface area contributed by atoms with Crippen LogP contribution in [0.3, 0.4) is 0 Å². The highest BCUT2D eigenvalue weighted by Crippen LogP contribution is 2.34. The molecule has 0 aliphatic heterocycles. The van der Waals surface area contributed by atoms with Gasteiger partial charge in [0.15, 0.2) is 0 Å². The van der Waals surface area contributed by atoms with Gasteiger partial charge in [0.1, 0.15) is 11.5 Å². The van der Waals surface area contributed by atoms with Crippen LogP contribution in [0.2, 0.25) is 0 Å². The van der Waals surface area contributed by atoms with Crippen LogP contribution in [0.25, 0.3) is 27.8 Å². The molecule has 7 heteroatoms. The third-order valence-electron chi connectivity index (χ3n) is 5.19. The summed E-state index contributed by atoms with van der Waals surface area (Å²) in [5, 5.41) is 10.9. The fourth-order valence-electron chi connectivity index (χ4n) is 3.59. The van der Waals surface area contributed by atoms with E-state index in [0.29, 0.717) is 28.0 Å². The van der Waals surface area contributed by atoms with Crippen LogP contribution in [0.5, 0.6) is 11.5 Å². The third-order valence-corrected chi connectivity index (χ3v) is 5.19. The van der Waals surface area contributed by atoms with Gasteiger partial charge in [0.05, 0.1) is 29.4 Å². The van der Waals surface area contributed by atoms with Gasteiger partial charge in [-0.05, 0) is 54.4 Å². The number of hydrogen-bond donors (Lipinski definition) is 1. The Balaban J connectivity index is 2.19. The number of nitrogens with zero attached hydrogens (tertiary/aromatic N) is 3. The Hall–Kier alpha value is -3.74. The summed E-state index contributed by atoms with van der Waals surface area (Å²) in [6.07, 6.45) is 1.71. The van der Waals surface area contributed by atoms with Gasteiger partial charge in [-0.1, -0.05) is 6.07 Å². The van der Waals surface area contributed by atoms with Crippen molar-refractivity contribution in [2.24, 2.45) is 14.1 Å². The van der Waals surface area contributed by atoms with Crippen LogP contribution < -0.4 is 16.0 Å². The number of aryl methyl sites for hydroxylation is 2. The lowest BCUT2D eigenvalue weighted by Crippen LogP contribution is -2.36. The highest BCUT2D eigenvalue weighted by molar-refractivity contribution is 5.95. The molecule has 2 aromatic heterocycles. The molecule has 0 fully saturated rings. The number of hydrogen-bond acceptors (Lipinski definition) is 4. The van der Waals surface area contributed by atoms with E-state index in [-0.39, 0.29) is 11.3 Å². The predicted molar refractivity (Wildman–Crippen MR) is 112 cm³/mol. The Morgan fingerprint density at radius 1 is 0.966 bits per heavy atom. The molecule has 0 unspecified atom stereocenters. The quantitative estimate of drug-likeness (QED) is 0.582. The molecule has 4 rings (SSSR count). The minimum absolute atomic E-state index is 0.0764. The summed E-state index contributed by atoms with van der Waals surface area (Å²) < 4.78 is 9.53. The first kappa shape index (κ1) is 18.6. The van der Waals surface area contributed by atoms with Crippen molar-refractivity contribution in [3.63, 3.8) is 0 Å². The van der Waals surface area contributed by atoms with E-state index in [0.717, 1.165) is 15.7 Å². The number of aromatic hydroxyl groups is 1. The van der Waals surface area contributed by atoms with E-state index >= 15 is 0 Å². The van der Waals surface area contributed by atoms with Crippen molar-refractivity contribution in [2.45, 2.75) is 6.92 Å². The number of aromatic nitrogens is 3. The molecule has 0 radical (unpaired) electrons. The summed E-state index contributed by atoms with van der Waals surface area (Å²) in [6.45, 7) is 1.92. The summed E-state index contributed by atoms with van der Waals surface area (Å²) >= 11 is 0. The third kappa shape index (κ3) is 2.82. The van der Waals surface area contributed by atoms with E-state index in [9.17, 15) is 14.7 Å². The van der Waals surface area contributed by atoms with Gasteiger partial charge in [-0.15, -0.1) is 0 Å².